The van der Waals surface area contributed by atoms with Gasteiger partial charge in [0, 0.05) is 5.38 Å². The average molecular weight is 229 g/mol. The van der Waals surface area contributed by atoms with Crippen molar-refractivity contribution in [3.05, 3.63) is 0 Å². The van der Waals surface area contributed by atoms with Gasteiger partial charge in [-0.2, -0.15) is 0 Å². The van der Waals surface area contributed by atoms with E-state index in [4.69, 9.17) is 11.6 Å². The van der Waals surface area contributed by atoms with Crippen molar-refractivity contribution in [3.63, 3.8) is 0 Å². The Morgan fingerprint density at radius 3 is 2.53 bits per heavy atom. The van der Waals surface area contributed by atoms with E-state index in [9.17, 15) is 0 Å². The topological polar surface area (TPSA) is 0 Å². The van der Waals surface area contributed by atoms with Crippen molar-refractivity contribution in [3.8, 4) is 0 Å². The lowest BCUT2D eigenvalue weighted by Gasteiger charge is -2.39. The maximum atomic E-state index is 6.32. The maximum Gasteiger partial charge on any atom is 0.0338 e. The summed E-state index contributed by atoms with van der Waals surface area (Å²) in [4.78, 5) is 0. The molecule has 1 heteroatoms. The van der Waals surface area contributed by atoms with Gasteiger partial charge in [0.05, 0.1) is 0 Å². The molecule has 0 aromatic carbocycles. The molecule has 4 unspecified atom stereocenters. The minimum absolute atomic E-state index is 0.489. The van der Waals surface area contributed by atoms with Crippen LogP contribution in [0.25, 0.3) is 0 Å². The van der Waals surface area contributed by atoms with Crippen LogP contribution in [0.5, 0.6) is 0 Å². The van der Waals surface area contributed by atoms with Crippen molar-refractivity contribution < 1.29 is 0 Å². The molecule has 0 radical (unpaired) electrons. The first-order chi connectivity index (χ1) is 7.31. The second-order valence-electron chi connectivity index (χ2n) is 5.64. The lowest BCUT2D eigenvalue weighted by Crippen LogP contribution is -2.30. The minimum atomic E-state index is 0.489. The molecule has 0 heterocycles. The summed E-state index contributed by atoms with van der Waals surface area (Å²) in [6, 6.07) is 0. The number of alkyl halides is 1. The maximum absolute atomic E-state index is 6.32. The highest BCUT2D eigenvalue weighted by Crippen LogP contribution is 2.43. The van der Waals surface area contributed by atoms with Crippen molar-refractivity contribution in [2.75, 3.05) is 0 Å². The quantitative estimate of drug-likeness (QED) is 0.584. The largest absolute Gasteiger partial charge is 0.123 e. The molecule has 88 valence electrons. The van der Waals surface area contributed by atoms with Crippen molar-refractivity contribution >= 4 is 11.6 Å². The SMILES string of the molecule is CCC1CCCCC1C1CCCC(Cl)C1. The molecular weight excluding hydrogens is 204 g/mol. The van der Waals surface area contributed by atoms with Crippen LogP contribution in [0.2, 0.25) is 0 Å². The normalized spacial score (nSPS) is 42.8. The zero-order valence-corrected chi connectivity index (χ0v) is 10.8. The zero-order chi connectivity index (χ0) is 10.7. The summed E-state index contributed by atoms with van der Waals surface area (Å²) in [7, 11) is 0. The number of hydrogen-bond donors (Lipinski definition) is 0. The van der Waals surface area contributed by atoms with Gasteiger partial charge in [-0.15, -0.1) is 11.6 Å². The Morgan fingerprint density at radius 2 is 1.80 bits per heavy atom. The van der Waals surface area contributed by atoms with Crippen molar-refractivity contribution in [2.45, 2.75) is 70.1 Å². The minimum Gasteiger partial charge on any atom is -0.123 e. The summed E-state index contributed by atoms with van der Waals surface area (Å²) in [6.07, 6.45) is 12.8. The lowest BCUT2D eigenvalue weighted by atomic mass is 9.67. The van der Waals surface area contributed by atoms with Crippen LogP contribution in [0.15, 0.2) is 0 Å². The third-order valence-corrected chi connectivity index (χ3v) is 5.14. The highest BCUT2D eigenvalue weighted by molar-refractivity contribution is 6.20. The Bertz CT molecular complexity index is 190. The molecule has 0 bridgehead atoms. The molecule has 2 rings (SSSR count). The summed E-state index contributed by atoms with van der Waals surface area (Å²) in [5.74, 6) is 3.00. The van der Waals surface area contributed by atoms with Crippen LogP contribution in [0.1, 0.15) is 64.7 Å². The molecule has 0 N–H and O–H groups in total. The Morgan fingerprint density at radius 1 is 1.00 bits per heavy atom. The van der Waals surface area contributed by atoms with E-state index in [1.165, 1.54) is 57.8 Å². The van der Waals surface area contributed by atoms with Crippen LogP contribution in [-0.2, 0) is 0 Å². The lowest BCUT2D eigenvalue weighted by molar-refractivity contribution is 0.127. The van der Waals surface area contributed by atoms with Crippen molar-refractivity contribution in [2.24, 2.45) is 17.8 Å². The van der Waals surface area contributed by atoms with Crippen LogP contribution < -0.4 is 0 Å². The first kappa shape index (κ1) is 11.8. The van der Waals surface area contributed by atoms with Gasteiger partial charge in [-0.3, -0.25) is 0 Å². The molecule has 0 amide bonds. The van der Waals surface area contributed by atoms with Gasteiger partial charge in [0.2, 0.25) is 0 Å². The molecule has 0 nitrogen and oxygen atoms in total. The van der Waals surface area contributed by atoms with Gasteiger partial charge in [0.25, 0.3) is 0 Å². The van der Waals surface area contributed by atoms with Crippen LogP contribution in [-0.4, -0.2) is 5.38 Å². The van der Waals surface area contributed by atoms with E-state index in [-0.39, 0.29) is 0 Å². The molecule has 0 spiro atoms. The van der Waals surface area contributed by atoms with Crippen molar-refractivity contribution in [1.82, 2.24) is 0 Å². The Labute approximate surface area is 99.8 Å². The summed E-state index contributed by atoms with van der Waals surface area (Å²) >= 11 is 6.32. The molecule has 4 atom stereocenters. The van der Waals surface area contributed by atoms with Gasteiger partial charge < -0.3 is 0 Å². The monoisotopic (exact) mass is 228 g/mol. The van der Waals surface area contributed by atoms with Crippen molar-refractivity contribution in [1.29, 1.82) is 0 Å². The van der Waals surface area contributed by atoms with Crippen LogP contribution in [0.4, 0.5) is 0 Å². The number of hydrogen-bond acceptors (Lipinski definition) is 0. The van der Waals surface area contributed by atoms with E-state index in [1.54, 1.807) is 0 Å². The molecule has 2 aliphatic carbocycles. The van der Waals surface area contributed by atoms with Crippen LogP contribution in [0.3, 0.4) is 0 Å². The van der Waals surface area contributed by atoms with E-state index >= 15 is 0 Å². The summed E-state index contributed by atoms with van der Waals surface area (Å²) < 4.78 is 0. The fraction of sp³-hybridized carbons (Fsp3) is 1.00. The van der Waals surface area contributed by atoms with E-state index in [0.29, 0.717) is 5.38 Å². The number of rotatable bonds is 2. The number of halogens is 1. The van der Waals surface area contributed by atoms with Gasteiger partial charge in [-0.1, -0.05) is 45.4 Å². The van der Waals surface area contributed by atoms with Gasteiger partial charge >= 0.3 is 0 Å². The third kappa shape index (κ3) is 2.90. The second-order valence-corrected chi connectivity index (χ2v) is 6.26. The van der Waals surface area contributed by atoms with Crippen LogP contribution >= 0.6 is 11.6 Å². The summed E-state index contributed by atoms with van der Waals surface area (Å²) in [5.41, 5.74) is 0. The zero-order valence-electron chi connectivity index (χ0n) is 10.1. The molecule has 2 aliphatic rings. The highest BCUT2D eigenvalue weighted by atomic mass is 35.5. The predicted octanol–water partition coefficient (Wildman–Crippen LogP) is 5.00. The van der Waals surface area contributed by atoms with Crippen LogP contribution in [0, 0.1) is 17.8 Å². The van der Waals surface area contributed by atoms with Gasteiger partial charge in [-0.05, 0) is 37.0 Å². The van der Waals surface area contributed by atoms with Gasteiger partial charge in [-0.25, -0.2) is 0 Å². The first-order valence-electron chi connectivity index (χ1n) is 6.95. The predicted molar refractivity (Wildman–Crippen MR) is 67.3 cm³/mol. The summed E-state index contributed by atoms with van der Waals surface area (Å²) in [6.45, 7) is 2.38. The third-order valence-electron chi connectivity index (χ3n) is 4.75. The molecule has 0 aliphatic heterocycles. The molecule has 2 fully saturated rings. The molecule has 0 aromatic heterocycles. The molecule has 0 aromatic rings. The van der Waals surface area contributed by atoms with Gasteiger partial charge in [0.1, 0.15) is 0 Å². The Hall–Kier alpha value is 0.290. The molecule has 15 heavy (non-hydrogen) atoms. The van der Waals surface area contributed by atoms with E-state index in [0.717, 1.165) is 17.8 Å². The molecule has 2 saturated carbocycles. The smallest absolute Gasteiger partial charge is 0.0338 e. The second kappa shape index (κ2) is 5.57. The molecular formula is C14H25Cl. The standard InChI is InChI=1S/C14H25Cl/c1-2-11-6-3-4-9-14(11)12-7-5-8-13(15)10-12/h11-14H,2-10H2,1H3. The van der Waals surface area contributed by atoms with E-state index in [2.05, 4.69) is 6.92 Å². The van der Waals surface area contributed by atoms with Gasteiger partial charge in [0.15, 0.2) is 0 Å². The fourth-order valence-corrected chi connectivity index (χ4v) is 4.30. The highest BCUT2D eigenvalue weighted by Gasteiger charge is 2.33. The Kier molecular flexibility index (Phi) is 4.37. The first-order valence-corrected chi connectivity index (χ1v) is 7.39. The van der Waals surface area contributed by atoms with E-state index in [1.807, 2.05) is 0 Å². The average Bonchev–Trinajstić information content (AvgIpc) is 2.29. The fourth-order valence-electron chi connectivity index (χ4n) is 3.92. The molecule has 0 saturated heterocycles. The van der Waals surface area contributed by atoms with E-state index < -0.39 is 0 Å². The summed E-state index contributed by atoms with van der Waals surface area (Å²) in [5, 5.41) is 0.489. The Balaban J connectivity index is 1.94.